The predicted molar refractivity (Wildman–Crippen MR) is 67.9 cm³/mol. The van der Waals surface area contributed by atoms with Crippen molar-refractivity contribution < 1.29 is 9.18 Å². The summed E-state index contributed by atoms with van der Waals surface area (Å²) in [6, 6.07) is 4.48. The summed E-state index contributed by atoms with van der Waals surface area (Å²) in [5.74, 6) is -0.285. The molecular formula is C13H17ClFNO. The Kier molecular flexibility index (Phi) is 4.94. The van der Waals surface area contributed by atoms with Gasteiger partial charge < -0.3 is 5.32 Å². The summed E-state index contributed by atoms with van der Waals surface area (Å²) < 4.78 is 13.5. The summed E-state index contributed by atoms with van der Waals surface area (Å²) in [5.41, 5.74) is 0.866. The summed E-state index contributed by atoms with van der Waals surface area (Å²) in [6.45, 7) is 5.57. The van der Waals surface area contributed by atoms with Crippen molar-refractivity contribution in [3.8, 4) is 0 Å². The number of amides is 1. The highest BCUT2D eigenvalue weighted by Gasteiger charge is 2.17. The fraction of sp³-hybridized carbons (Fsp3) is 0.462. The van der Waals surface area contributed by atoms with E-state index in [1.807, 2.05) is 13.8 Å². The maximum Gasteiger partial charge on any atom is 0.254 e. The number of hydrogen-bond donors (Lipinski definition) is 1. The first-order valence-electron chi connectivity index (χ1n) is 5.58. The van der Waals surface area contributed by atoms with E-state index in [1.54, 1.807) is 13.0 Å². The van der Waals surface area contributed by atoms with Gasteiger partial charge in [0.15, 0.2) is 0 Å². The molecule has 1 aromatic rings. The molecule has 1 aromatic carbocycles. The number of carbonyl (C=O) groups is 1. The predicted octanol–water partition coefficient (Wildman–Crippen LogP) is 3.13. The quantitative estimate of drug-likeness (QED) is 0.825. The summed E-state index contributed by atoms with van der Waals surface area (Å²) in [6.07, 6.45) is 0. The maximum absolute atomic E-state index is 13.5. The van der Waals surface area contributed by atoms with Gasteiger partial charge in [0, 0.05) is 11.9 Å². The van der Waals surface area contributed by atoms with Gasteiger partial charge in [-0.1, -0.05) is 13.0 Å². The van der Waals surface area contributed by atoms with Crippen molar-refractivity contribution in [3.63, 3.8) is 0 Å². The van der Waals surface area contributed by atoms with E-state index in [4.69, 9.17) is 11.6 Å². The molecule has 0 bridgehead atoms. The number of aryl methyl sites for hydroxylation is 1. The molecule has 2 nitrogen and oxygen atoms in total. The SMILES string of the molecule is Cc1ccc(C(=O)NC(C)C(C)CCl)c(F)c1. The monoisotopic (exact) mass is 257 g/mol. The average Bonchev–Trinajstić information content (AvgIpc) is 2.27. The molecule has 0 aliphatic rings. The molecule has 2 unspecified atom stereocenters. The Balaban J connectivity index is 2.76. The lowest BCUT2D eigenvalue weighted by Gasteiger charge is -2.19. The van der Waals surface area contributed by atoms with Gasteiger partial charge in [0.25, 0.3) is 5.91 Å². The van der Waals surface area contributed by atoms with Crippen LogP contribution in [0.2, 0.25) is 0 Å². The number of halogens is 2. The average molecular weight is 258 g/mol. The number of carbonyl (C=O) groups excluding carboxylic acids is 1. The molecule has 17 heavy (non-hydrogen) atoms. The Morgan fingerprint density at radius 3 is 2.65 bits per heavy atom. The van der Waals surface area contributed by atoms with E-state index in [2.05, 4.69) is 5.32 Å². The van der Waals surface area contributed by atoms with E-state index in [1.165, 1.54) is 12.1 Å². The molecule has 0 fully saturated rings. The molecule has 0 spiro atoms. The van der Waals surface area contributed by atoms with Crippen LogP contribution in [0, 0.1) is 18.7 Å². The third-order valence-corrected chi connectivity index (χ3v) is 3.31. The molecule has 0 saturated carbocycles. The van der Waals surface area contributed by atoms with Crippen LogP contribution in [0.1, 0.15) is 29.8 Å². The molecule has 1 rings (SSSR count). The molecular weight excluding hydrogens is 241 g/mol. The van der Waals surface area contributed by atoms with Crippen molar-refractivity contribution in [2.45, 2.75) is 26.8 Å². The molecule has 4 heteroatoms. The fourth-order valence-electron chi connectivity index (χ4n) is 1.36. The zero-order chi connectivity index (χ0) is 13.0. The van der Waals surface area contributed by atoms with Crippen LogP contribution in [0.3, 0.4) is 0 Å². The summed E-state index contributed by atoms with van der Waals surface area (Å²) in [7, 11) is 0. The van der Waals surface area contributed by atoms with Crippen LogP contribution in [0.5, 0.6) is 0 Å². The van der Waals surface area contributed by atoms with Gasteiger partial charge in [0.2, 0.25) is 0 Å². The van der Waals surface area contributed by atoms with Gasteiger partial charge in [-0.2, -0.15) is 0 Å². The largest absolute Gasteiger partial charge is 0.349 e. The lowest BCUT2D eigenvalue weighted by atomic mass is 10.1. The molecule has 1 amide bonds. The Morgan fingerprint density at radius 1 is 1.47 bits per heavy atom. The lowest BCUT2D eigenvalue weighted by molar-refractivity contribution is 0.0927. The van der Waals surface area contributed by atoms with Crippen LogP contribution in [-0.2, 0) is 0 Å². The van der Waals surface area contributed by atoms with Gasteiger partial charge in [0.1, 0.15) is 5.82 Å². The smallest absolute Gasteiger partial charge is 0.254 e. The Labute approximate surface area is 106 Å². The van der Waals surface area contributed by atoms with Crippen molar-refractivity contribution in [1.82, 2.24) is 5.32 Å². The minimum atomic E-state index is -0.492. The normalized spacial score (nSPS) is 14.2. The first kappa shape index (κ1) is 14.0. The zero-order valence-corrected chi connectivity index (χ0v) is 11.0. The van der Waals surface area contributed by atoms with E-state index < -0.39 is 11.7 Å². The molecule has 0 heterocycles. The van der Waals surface area contributed by atoms with Gasteiger partial charge in [0.05, 0.1) is 5.56 Å². The summed E-state index contributed by atoms with van der Waals surface area (Å²) >= 11 is 5.70. The highest BCUT2D eigenvalue weighted by atomic mass is 35.5. The molecule has 0 saturated heterocycles. The van der Waals surface area contributed by atoms with Gasteiger partial charge >= 0.3 is 0 Å². The minimum absolute atomic E-state index is 0.0734. The summed E-state index contributed by atoms with van der Waals surface area (Å²) in [4.78, 5) is 11.8. The van der Waals surface area contributed by atoms with E-state index >= 15 is 0 Å². The number of nitrogens with one attached hydrogen (secondary N) is 1. The van der Waals surface area contributed by atoms with Crippen LogP contribution in [-0.4, -0.2) is 17.8 Å². The number of benzene rings is 1. The third kappa shape index (κ3) is 3.70. The van der Waals surface area contributed by atoms with Crippen LogP contribution in [0.15, 0.2) is 18.2 Å². The highest BCUT2D eigenvalue weighted by molar-refractivity contribution is 6.18. The van der Waals surface area contributed by atoms with E-state index in [0.29, 0.717) is 5.88 Å². The van der Waals surface area contributed by atoms with Crippen LogP contribution < -0.4 is 5.32 Å². The zero-order valence-electron chi connectivity index (χ0n) is 10.3. The summed E-state index contributed by atoms with van der Waals surface area (Å²) in [5, 5.41) is 2.74. The number of alkyl halides is 1. The second kappa shape index (κ2) is 6.01. The van der Waals surface area contributed by atoms with Gasteiger partial charge in [-0.15, -0.1) is 11.6 Å². The molecule has 0 radical (unpaired) electrons. The Bertz CT molecular complexity index is 408. The molecule has 1 N–H and O–H groups in total. The van der Waals surface area contributed by atoms with Gasteiger partial charge in [-0.05, 0) is 37.5 Å². The minimum Gasteiger partial charge on any atom is -0.349 e. The maximum atomic E-state index is 13.5. The van der Waals surface area contributed by atoms with Gasteiger partial charge in [-0.25, -0.2) is 4.39 Å². The lowest BCUT2D eigenvalue weighted by Crippen LogP contribution is -2.38. The van der Waals surface area contributed by atoms with E-state index in [9.17, 15) is 9.18 Å². The third-order valence-electron chi connectivity index (χ3n) is 2.82. The van der Waals surface area contributed by atoms with Crippen LogP contribution in [0.4, 0.5) is 4.39 Å². The molecule has 0 aliphatic heterocycles. The van der Waals surface area contributed by atoms with Crippen molar-refractivity contribution in [2.24, 2.45) is 5.92 Å². The highest BCUT2D eigenvalue weighted by Crippen LogP contribution is 2.11. The van der Waals surface area contributed by atoms with Crippen LogP contribution >= 0.6 is 11.6 Å². The molecule has 0 aromatic heterocycles. The van der Waals surface area contributed by atoms with E-state index in [0.717, 1.165) is 5.56 Å². The van der Waals surface area contributed by atoms with Gasteiger partial charge in [-0.3, -0.25) is 4.79 Å². The Morgan fingerprint density at radius 2 is 2.12 bits per heavy atom. The first-order chi connectivity index (χ1) is 7.95. The first-order valence-corrected chi connectivity index (χ1v) is 6.12. The van der Waals surface area contributed by atoms with Crippen molar-refractivity contribution in [1.29, 1.82) is 0 Å². The second-order valence-electron chi connectivity index (χ2n) is 4.38. The second-order valence-corrected chi connectivity index (χ2v) is 4.69. The number of rotatable bonds is 4. The Hall–Kier alpha value is -1.09. The van der Waals surface area contributed by atoms with Crippen molar-refractivity contribution in [2.75, 3.05) is 5.88 Å². The molecule has 2 atom stereocenters. The number of hydrogen-bond acceptors (Lipinski definition) is 1. The van der Waals surface area contributed by atoms with Crippen LogP contribution in [0.25, 0.3) is 0 Å². The molecule has 0 aliphatic carbocycles. The van der Waals surface area contributed by atoms with Crippen molar-refractivity contribution in [3.05, 3.63) is 35.1 Å². The van der Waals surface area contributed by atoms with Crippen molar-refractivity contribution >= 4 is 17.5 Å². The topological polar surface area (TPSA) is 29.1 Å². The molecule has 94 valence electrons. The van der Waals surface area contributed by atoms with E-state index in [-0.39, 0.29) is 17.5 Å². The fourth-order valence-corrected chi connectivity index (χ4v) is 1.63. The standard InChI is InChI=1S/C13H17ClFNO/c1-8-4-5-11(12(15)6-8)13(17)16-10(3)9(2)7-14/h4-6,9-10H,7H2,1-3H3,(H,16,17).